The van der Waals surface area contributed by atoms with E-state index in [-0.39, 0.29) is 17.7 Å². The Labute approximate surface area is 175 Å². The van der Waals surface area contributed by atoms with Crippen molar-refractivity contribution in [3.05, 3.63) is 30.9 Å². The lowest BCUT2D eigenvalue weighted by atomic mass is 9.79. The number of carbonyl (C=O) groups is 1. The van der Waals surface area contributed by atoms with Crippen LogP contribution < -0.4 is 4.74 Å². The maximum atomic E-state index is 12.3. The normalized spacial score (nSPS) is 21.3. The molecule has 3 heterocycles. The van der Waals surface area contributed by atoms with Crippen LogP contribution in [-0.2, 0) is 11.8 Å². The number of nitrogens with zero attached hydrogens (tertiary/aromatic N) is 6. The molecule has 1 aliphatic rings. The van der Waals surface area contributed by atoms with Gasteiger partial charge in [0.2, 0.25) is 0 Å². The van der Waals surface area contributed by atoms with Crippen molar-refractivity contribution in [3.8, 4) is 17.3 Å². The van der Waals surface area contributed by atoms with E-state index in [9.17, 15) is 4.79 Å². The van der Waals surface area contributed by atoms with Gasteiger partial charge in [0.25, 0.3) is 0 Å². The van der Waals surface area contributed by atoms with E-state index >= 15 is 0 Å². The van der Waals surface area contributed by atoms with Gasteiger partial charge in [0.15, 0.2) is 0 Å². The Bertz CT molecular complexity index is 1070. The molecule has 0 bridgehead atoms. The Morgan fingerprint density at radius 2 is 2.07 bits per heavy atom. The summed E-state index contributed by atoms with van der Waals surface area (Å²) in [5, 5.41) is 4.22. The zero-order valence-electron chi connectivity index (χ0n) is 18.3. The third kappa shape index (κ3) is 3.83. The van der Waals surface area contributed by atoms with Crippen LogP contribution >= 0.6 is 0 Å². The molecule has 0 atom stereocenters. The highest BCUT2D eigenvalue weighted by atomic mass is 16.6. The third-order valence-corrected chi connectivity index (χ3v) is 5.56. The van der Waals surface area contributed by atoms with Crippen LogP contribution in [0, 0.1) is 0 Å². The Morgan fingerprint density at radius 1 is 1.33 bits per heavy atom. The standard InChI is InChI=1S/C21H28N6O3/c1-20(2,3)26(6)19(28)29-15-10-21(4,11-15)30-18-24-16(14-12-23-25(5)13-14)9-17-22-7-8-27(17)18/h7-9,12-13,15H,10-11H2,1-6H3. The molecule has 0 radical (unpaired) electrons. The van der Waals surface area contributed by atoms with Gasteiger partial charge < -0.3 is 14.4 Å². The molecule has 3 aromatic rings. The maximum absolute atomic E-state index is 12.3. The summed E-state index contributed by atoms with van der Waals surface area (Å²) in [6, 6.07) is 2.36. The highest BCUT2D eigenvalue weighted by molar-refractivity contribution is 5.68. The van der Waals surface area contributed by atoms with Crippen LogP contribution in [0.15, 0.2) is 30.9 Å². The quantitative estimate of drug-likeness (QED) is 0.653. The number of hydrogen-bond acceptors (Lipinski definition) is 6. The molecule has 0 aliphatic heterocycles. The molecule has 30 heavy (non-hydrogen) atoms. The summed E-state index contributed by atoms with van der Waals surface area (Å²) in [6.07, 6.45) is 7.91. The van der Waals surface area contributed by atoms with E-state index in [1.54, 1.807) is 29.0 Å². The van der Waals surface area contributed by atoms with Crippen molar-refractivity contribution in [2.24, 2.45) is 7.05 Å². The van der Waals surface area contributed by atoms with Crippen LogP contribution in [0.3, 0.4) is 0 Å². The van der Waals surface area contributed by atoms with Gasteiger partial charge in [0, 0.05) is 62.7 Å². The van der Waals surface area contributed by atoms with E-state index in [0.29, 0.717) is 18.9 Å². The number of aromatic nitrogens is 5. The van der Waals surface area contributed by atoms with Crippen LogP contribution in [0.25, 0.3) is 16.9 Å². The van der Waals surface area contributed by atoms with Crippen LogP contribution in [0.5, 0.6) is 6.01 Å². The number of rotatable bonds is 4. The van der Waals surface area contributed by atoms with Gasteiger partial charge in [-0.1, -0.05) is 0 Å². The van der Waals surface area contributed by atoms with Crippen molar-refractivity contribution in [1.29, 1.82) is 0 Å². The minimum Gasteiger partial charge on any atom is -0.458 e. The number of aryl methyl sites for hydroxylation is 1. The molecular weight excluding hydrogens is 384 g/mol. The molecule has 0 aromatic carbocycles. The number of ether oxygens (including phenoxy) is 2. The monoisotopic (exact) mass is 412 g/mol. The van der Waals surface area contributed by atoms with Gasteiger partial charge >= 0.3 is 12.1 Å². The number of fused-ring (bicyclic) bond motifs is 1. The average Bonchev–Trinajstić information content (AvgIpc) is 3.27. The fourth-order valence-corrected chi connectivity index (χ4v) is 3.45. The Kier molecular flexibility index (Phi) is 4.71. The van der Waals surface area contributed by atoms with Crippen molar-refractivity contribution in [2.75, 3.05) is 7.05 Å². The molecule has 0 saturated heterocycles. The lowest BCUT2D eigenvalue weighted by Gasteiger charge is -2.44. The molecule has 0 spiro atoms. The minimum absolute atomic E-state index is 0.174. The summed E-state index contributed by atoms with van der Waals surface area (Å²) in [7, 11) is 3.61. The molecule has 160 valence electrons. The lowest BCUT2D eigenvalue weighted by molar-refractivity contribution is -0.0979. The van der Waals surface area contributed by atoms with Gasteiger partial charge in [-0.25, -0.2) is 9.78 Å². The Balaban J connectivity index is 1.48. The van der Waals surface area contributed by atoms with Gasteiger partial charge in [-0.05, 0) is 27.7 Å². The number of imidazole rings is 1. The van der Waals surface area contributed by atoms with Crippen molar-refractivity contribution in [2.45, 2.75) is 57.8 Å². The highest BCUT2D eigenvalue weighted by Gasteiger charge is 2.46. The summed E-state index contributed by atoms with van der Waals surface area (Å²) in [5.74, 6) is 0. The smallest absolute Gasteiger partial charge is 0.410 e. The van der Waals surface area contributed by atoms with E-state index in [1.807, 2.05) is 57.6 Å². The average molecular weight is 412 g/mol. The SMILES string of the molecule is CN(C(=O)OC1CC(C)(Oc2nc(-c3cnn(C)c3)cc3nccn23)C1)C(C)(C)C. The van der Waals surface area contributed by atoms with Crippen molar-refractivity contribution in [3.63, 3.8) is 0 Å². The summed E-state index contributed by atoms with van der Waals surface area (Å²) in [5.41, 5.74) is 1.63. The largest absolute Gasteiger partial charge is 0.458 e. The first-order valence-electron chi connectivity index (χ1n) is 10.0. The molecule has 3 aromatic heterocycles. The van der Waals surface area contributed by atoms with Gasteiger partial charge in [0.05, 0.1) is 11.9 Å². The van der Waals surface area contributed by atoms with Gasteiger partial charge in [-0.15, -0.1) is 0 Å². The first-order valence-corrected chi connectivity index (χ1v) is 10.0. The second-order valence-electron chi connectivity index (χ2n) is 9.18. The lowest BCUT2D eigenvalue weighted by Crippen LogP contribution is -2.53. The molecule has 1 saturated carbocycles. The van der Waals surface area contributed by atoms with E-state index in [4.69, 9.17) is 14.5 Å². The summed E-state index contributed by atoms with van der Waals surface area (Å²) in [6.45, 7) is 7.92. The zero-order valence-corrected chi connectivity index (χ0v) is 18.3. The van der Waals surface area contributed by atoms with Crippen molar-refractivity contribution < 1.29 is 14.3 Å². The number of hydrogen-bond donors (Lipinski definition) is 0. The summed E-state index contributed by atoms with van der Waals surface area (Å²) >= 11 is 0. The topological polar surface area (TPSA) is 86.8 Å². The zero-order chi connectivity index (χ0) is 21.7. The molecule has 9 heteroatoms. The summed E-state index contributed by atoms with van der Waals surface area (Å²) in [4.78, 5) is 23.0. The number of amides is 1. The van der Waals surface area contributed by atoms with E-state index in [0.717, 1.165) is 16.9 Å². The summed E-state index contributed by atoms with van der Waals surface area (Å²) < 4.78 is 15.5. The van der Waals surface area contributed by atoms with Crippen LogP contribution in [0.2, 0.25) is 0 Å². The molecule has 1 amide bonds. The molecule has 0 N–H and O–H groups in total. The molecule has 1 aliphatic carbocycles. The molecule has 4 rings (SSSR count). The number of carbonyl (C=O) groups excluding carboxylic acids is 1. The molecule has 9 nitrogen and oxygen atoms in total. The second kappa shape index (κ2) is 7.00. The highest BCUT2D eigenvalue weighted by Crippen LogP contribution is 2.39. The molecular formula is C21H28N6O3. The fraction of sp³-hybridized carbons (Fsp3) is 0.524. The van der Waals surface area contributed by atoms with E-state index < -0.39 is 5.60 Å². The molecule has 1 fully saturated rings. The van der Waals surface area contributed by atoms with Crippen LogP contribution in [0.4, 0.5) is 4.79 Å². The first kappa shape index (κ1) is 20.2. The van der Waals surface area contributed by atoms with Gasteiger partial charge in [-0.2, -0.15) is 10.1 Å². The third-order valence-electron chi connectivity index (χ3n) is 5.56. The Hall–Kier alpha value is -3.10. The Morgan fingerprint density at radius 3 is 2.70 bits per heavy atom. The van der Waals surface area contributed by atoms with Gasteiger partial charge in [-0.3, -0.25) is 9.08 Å². The van der Waals surface area contributed by atoms with E-state index in [2.05, 4.69) is 10.1 Å². The predicted molar refractivity (Wildman–Crippen MR) is 111 cm³/mol. The van der Waals surface area contributed by atoms with Crippen molar-refractivity contribution in [1.82, 2.24) is 29.0 Å². The fourth-order valence-electron chi connectivity index (χ4n) is 3.45. The van der Waals surface area contributed by atoms with Crippen molar-refractivity contribution >= 4 is 11.7 Å². The minimum atomic E-state index is -0.469. The van der Waals surface area contributed by atoms with Crippen LogP contribution in [-0.4, -0.2) is 59.4 Å². The first-order chi connectivity index (χ1) is 14.0. The van der Waals surface area contributed by atoms with Gasteiger partial charge in [0.1, 0.15) is 17.4 Å². The maximum Gasteiger partial charge on any atom is 0.410 e. The second-order valence-corrected chi connectivity index (χ2v) is 9.18. The van der Waals surface area contributed by atoms with E-state index in [1.165, 1.54) is 0 Å². The van der Waals surface area contributed by atoms with Crippen LogP contribution in [0.1, 0.15) is 40.5 Å². The molecule has 0 unspecified atom stereocenters. The predicted octanol–water partition coefficient (Wildman–Crippen LogP) is 3.30.